The number of primary amides is 1. The Morgan fingerprint density at radius 1 is 1.35 bits per heavy atom. The van der Waals surface area contributed by atoms with Gasteiger partial charge in [-0.25, -0.2) is 0 Å². The van der Waals surface area contributed by atoms with Gasteiger partial charge in [0.05, 0.1) is 12.5 Å². The molecule has 0 aliphatic carbocycles. The first kappa shape index (κ1) is 27.0. The average molecular weight is 298 g/mol. The number of carbonyl (C=O) groups is 3. The molecule has 0 aromatic rings. The molecule has 0 spiro atoms. The molecule has 0 aliphatic heterocycles. The predicted molar refractivity (Wildman–Crippen MR) is 81.4 cm³/mol. The second kappa shape index (κ2) is 22.7. The third-order valence-corrected chi connectivity index (χ3v) is 2.03. The van der Waals surface area contributed by atoms with Crippen molar-refractivity contribution in [3.05, 3.63) is 0 Å². The standard InChI is InChI=1S/C8H17NO.C3H7NO2.CH3NO.CH4/c1-4-5-6-8(7-10)9(2)3;4-2-1-3(5)6;2-1-3;/h7-8H,4-6H2,1-3H3;1-2,4H2,(H,5,6);1H,(H2,2,3);1H4/i1+1;2+1,4+1;2*1+1. The highest BCUT2D eigenvalue weighted by atomic mass is 16.4. The number of carbonyl (C=O) groups excluding carboxylic acids is 2. The molecule has 0 fully saturated rings. The molecular weight excluding hydrogens is 267 g/mol. The zero-order valence-electron chi connectivity index (χ0n) is 12.0. The van der Waals surface area contributed by atoms with E-state index in [1.165, 1.54) is 0 Å². The van der Waals surface area contributed by atoms with E-state index in [1.807, 2.05) is 19.0 Å². The van der Waals surface area contributed by atoms with E-state index in [2.05, 4.69) is 12.7 Å². The van der Waals surface area contributed by atoms with E-state index >= 15 is 0 Å². The van der Waals surface area contributed by atoms with Crippen molar-refractivity contribution in [2.75, 3.05) is 20.6 Å². The normalized spacial score (nSPS) is 9.85. The Hall–Kier alpha value is -1.47. The van der Waals surface area contributed by atoms with Crippen molar-refractivity contribution >= 4 is 18.7 Å². The zero-order chi connectivity index (χ0) is 15.7. The lowest BCUT2D eigenvalue weighted by Crippen LogP contribution is -2.28. The molecule has 0 radical (unpaired) electrons. The minimum absolute atomic E-state index is 0. The van der Waals surface area contributed by atoms with Crippen LogP contribution in [-0.4, -0.2) is 55.4 Å². The van der Waals surface area contributed by atoms with E-state index in [-0.39, 0.29) is 32.8 Å². The molecule has 1 unspecified atom stereocenters. The first-order valence-electron chi connectivity index (χ1n) is 6.10. The lowest BCUT2D eigenvalue weighted by molar-refractivity contribution is -0.136. The summed E-state index contributed by atoms with van der Waals surface area (Å²) in [7, 11) is 3.88. The Labute approximate surface area is 122 Å². The van der Waals surface area contributed by atoms with Gasteiger partial charge in [0.25, 0.3) is 0 Å². The van der Waals surface area contributed by atoms with Gasteiger partial charge in [0.1, 0.15) is 6.29 Å². The van der Waals surface area contributed by atoms with Crippen molar-refractivity contribution in [1.29, 1.82) is 0 Å². The minimum Gasteiger partial charge on any atom is -0.481 e. The molecule has 7 nitrogen and oxygen atoms in total. The Morgan fingerprint density at radius 2 is 1.80 bits per heavy atom. The van der Waals surface area contributed by atoms with Crippen molar-refractivity contribution in [2.45, 2.75) is 46.1 Å². The molecule has 122 valence electrons. The van der Waals surface area contributed by atoms with Crippen LogP contribution in [0.1, 0.15) is 40.0 Å². The molecule has 0 rings (SSSR count). The summed E-state index contributed by atoms with van der Waals surface area (Å²) in [5.74, 6) is -0.836. The van der Waals surface area contributed by atoms with Crippen molar-refractivity contribution in [1.82, 2.24) is 4.90 Å². The number of unbranched alkanes of at least 4 members (excludes halogenated alkanes) is 1. The zero-order valence-corrected chi connectivity index (χ0v) is 12.0. The van der Waals surface area contributed by atoms with Gasteiger partial charge in [-0.05, 0) is 20.5 Å². The Bertz CT molecular complexity index is 224. The van der Waals surface area contributed by atoms with Crippen molar-refractivity contribution < 1.29 is 19.5 Å². The van der Waals surface area contributed by atoms with Crippen LogP contribution in [0.5, 0.6) is 0 Å². The summed E-state index contributed by atoms with van der Waals surface area (Å²) >= 11 is 0. The van der Waals surface area contributed by atoms with Gasteiger partial charge in [-0.15, -0.1) is 0 Å². The van der Waals surface area contributed by atoms with Gasteiger partial charge in [-0.1, -0.05) is 27.2 Å². The Balaban J connectivity index is -0.000000110. The van der Waals surface area contributed by atoms with E-state index in [1.54, 1.807) is 0 Å². The quantitative estimate of drug-likeness (QED) is 0.356. The third kappa shape index (κ3) is 30.0. The van der Waals surface area contributed by atoms with Crippen LogP contribution in [0, 0.1) is 0 Å². The van der Waals surface area contributed by atoms with Crippen molar-refractivity contribution in [2.24, 2.45) is 11.5 Å². The number of amides is 1. The summed E-state index contributed by atoms with van der Waals surface area (Å²) in [6.07, 6.45) is 4.64. The van der Waals surface area contributed by atoms with E-state index in [4.69, 9.17) is 15.6 Å². The van der Waals surface area contributed by atoms with E-state index in [0.717, 1.165) is 25.5 Å². The summed E-state index contributed by atoms with van der Waals surface area (Å²) in [4.78, 5) is 30.5. The van der Waals surface area contributed by atoms with Crippen molar-refractivity contribution in [3.8, 4) is 0 Å². The number of aliphatic carboxylic acids is 1. The van der Waals surface area contributed by atoms with Crippen molar-refractivity contribution in [3.63, 3.8) is 0 Å². The number of aldehydes is 1. The Kier molecular flexibility index (Phi) is 30.6. The molecule has 0 aromatic heterocycles. The van der Waals surface area contributed by atoms with Gasteiger partial charge in [-0.2, -0.15) is 0 Å². The van der Waals surface area contributed by atoms with Gasteiger partial charge in [-0.3, -0.25) is 9.59 Å². The van der Waals surface area contributed by atoms with Crippen LogP contribution in [0.2, 0.25) is 0 Å². The van der Waals surface area contributed by atoms with Crippen LogP contribution >= 0.6 is 0 Å². The maximum Gasteiger partial charge on any atom is 0.304 e. The van der Waals surface area contributed by atoms with Gasteiger partial charge < -0.3 is 26.3 Å². The summed E-state index contributed by atoms with van der Waals surface area (Å²) in [5.41, 5.74) is 9.02. The number of carboxylic acids is 1. The molecule has 0 aliphatic rings. The highest BCUT2D eigenvalue weighted by molar-refractivity contribution is 5.66. The fourth-order valence-corrected chi connectivity index (χ4v) is 0.985. The maximum atomic E-state index is 10.4. The molecule has 1 atom stereocenters. The van der Waals surface area contributed by atoms with E-state index in [9.17, 15) is 9.59 Å². The SMILES string of the molecule is CN(C)C(C=O)CCC[13CH3].N[13CH]=O.[13CH4].[15NH2][13CH2]CC(=O)O. The maximum absolute atomic E-state index is 10.4. The van der Waals surface area contributed by atoms with Crippen LogP contribution in [0.25, 0.3) is 0 Å². The topological polar surface area (TPSA) is 127 Å². The lowest BCUT2D eigenvalue weighted by Gasteiger charge is -2.17. The van der Waals surface area contributed by atoms with Crippen LogP contribution < -0.4 is 11.5 Å². The number of rotatable bonds is 7. The third-order valence-electron chi connectivity index (χ3n) is 2.03. The average Bonchev–Trinajstić information content (AvgIpc) is 2.31. The summed E-state index contributed by atoms with van der Waals surface area (Å²) < 4.78 is 0. The number of hydrogen-bond donors (Lipinski definition) is 3. The first-order chi connectivity index (χ1) is 8.90. The van der Waals surface area contributed by atoms with Crippen LogP contribution in [0.4, 0.5) is 0 Å². The number of hydrogen-bond acceptors (Lipinski definition) is 5. The fraction of sp³-hybridized carbons (Fsp3) is 0.769. The molecule has 7 heteroatoms. The van der Waals surface area contributed by atoms with E-state index < -0.39 is 5.97 Å². The lowest BCUT2D eigenvalue weighted by atomic mass is 10.1. The van der Waals surface area contributed by atoms with Gasteiger partial charge >= 0.3 is 5.97 Å². The van der Waals surface area contributed by atoms with Gasteiger partial charge in [0, 0.05) is 6.54 Å². The first-order valence-corrected chi connectivity index (χ1v) is 6.10. The number of carboxylic acid groups (broad SMARTS) is 1. The molecular formula is C13H31N3O4. The highest BCUT2D eigenvalue weighted by Crippen LogP contribution is 2.02. The fourth-order valence-electron chi connectivity index (χ4n) is 0.985. The molecule has 20 heavy (non-hydrogen) atoms. The highest BCUT2D eigenvalue weighted by Gasteiger charge is 2.07. The Morgan fingerprint density at radius 3 is 1.95 bits per heavy atom. The molecule has 0 saturated heterocycles. The van der Waals surface area contributed by atoms with Crippen LogP contribution in [0.15, 0.2) is 0 Å². The van der Waals surface area contributed by atoms with Gasteiger partial charge in [0.15, 0.2) is 0 Å². The molecule has 0 bridgehead atoms. The smallest absolute Gasteiger partial charge is 0.304 e. The van der Waals surface area contributed by atoms with E-state index in [0.29, 0.717) is 0 Å². The molecule has 0 aromatic carbocycles. The van der Waals surface area contributed by atoms with Crippen LogP contribution in [0.3, 0.4) is 0 Å². The second-order valence-electron chi connectivity index (χ2n) is 3.88. The molecule has 5 N–H and O–H groups in total. The molecule has 0 heterocycles. The summed E-state index contributed by atoms with van der Waals surface area (Å²) in [5, 5.41) is 7.83. The predicted octanol–water partition coefficient (Wildman–Crippen LogP) is 0.463. The largest absolute Gasteiger partial charge is 0.481 e. The minimum atomic E-state index is -0.836. The number of likely N-dealkylation sites (N-methyl/N-ethyl adjacent to an activating group) is 1. The number of nitrogens with zero attached hydrogens (tertiary/aromatic N) is 1. The second-order valence-corrected chi connectivity index (χ2v) is 3.88. The summed E-state index contributed by atoms with van der Waals surface area (Å²) in [6, 6.07) is 0.125. The number of nitrogens with two attached hydrogens (primary N) is 2. The molecule has 1 amide bonds. The van der Waals surface area contributed by atoms with Crippen LogP contribution in [-0.2, 0) is 14.4 Å². The summed E-state index contributed by atoms with van der Waals surface area (Å²) in [6.45, 7) is 2.37. The monoisotopic (exact) mass is 298 g/mol. The van der Waals surface area contributed by atoms with Gasteiger partial charge in [0.2, 0.25) is 6.41 Å². The molecule has 0 saturated carbocycles.